The lowest BCUT2D eigenvalue weighted by atomic mass is 9.48. The van der Waals surface area contributed by atoms with Crippen LogP contribution in [0.4, 0.5) is 17.1 Å². The summed E-state index contributed by atoms with van der Waals surface area (Å²) in [7, 11) is -3.60. The van der Waals surface area contributed by atoms with Gasteiger partial charge in [-0.3, -0.25) is 10.1 Å². The molecule has 1 saturated heterocycles. The highest BCUT2D eigenvalue weighted by atomic mass is 35.5. The number of sulfonamides is 1. The lowest BCUT2D eigenvalue weighted by Crippen LogP contribution is -2.53. The number of nitro benzene ring substituents is 1. The van der Waals surface area contributed by atoms with Crippen molar-refractivity contribution in [1.82, 2.24) is 4.31 Å². The summed E-state index contributed by atoms with van der Waals surface area (Å²) in [5, 5.41) is 16.0. The SMILES string of the molecule is C[C@H](Nc1cc(N2CCN(S(=O)(=O)c3ccc(Cl)cc3)CC2)ccc1[N+](=O)[O-])C12CC3CC(CC(C3)C1)C2. The van der Waals surface area contributed by atoms with Gasteiger partial charge in [0.05, 0.1) is 9.82 Å². The van der Waals surface area contributed by atoms with Crippen LogP contribution in [0.25, 0.3) is 0 Å². The first kappa shape index (κ1) is 25.9. The van der Waals surface area contributed by atoms with E-state index in [1.807, 2.05) is 6.07 Å². The lowest BCUT2D eigenvalue weighted by molar-refractivity contribution is -0.384. The van der Waals surface area contributed by atoms with Crippen molar-refractivity contribution >= 4 is 38.7 Å². The van der Waals surface area contributed by atoms with E-state index in [1.165, 1.54) is 55.0 Å². The molecule has 0 spiro atoms. The predicted octanol–water partition coefficient (Wildman–Crippen LogP) is 5.78. The number of rotatable bonds is 7. The van der Waals surface area contributed by atoms with E-state index in [9.17, 15) is 18.5 Å². The molecule has 4 saturated carbocycles. The molecule has 5 fully saturated rings. The van der Waals surface area contributed by atoms with Crippen molar-refractivity contribution in [1.29, 1.82) is 0 Å². The topological polar surface area (TPSA) is 95.8 Å². The monoisotopic (exact) mass is 558 g/mol. The number of hydrogen-bond acceptors (Lipinski definition) is 6. The molecule has 4 bridgehead atoms. The Morgan fingerprint density at radius 1 is 0.974 bits per heavy atom. The summed E-state index contributed by atoms with van der Waals surface area (Å²) in [5.41, 5.74) is 1.75. The van der Waals surface area contributed by atoms with Gasteiger partial charge >= 0.3 is 0 Å². The van der Waals surface area contributed by atoms with Gasteiger partial charge in [0.25, 0.3) is 5.69 Å². The highest BCUT2D eigenvalue weighted by Crippen LogP contribution is 2.61. The maximum Gasteiger partial charge on any atom is 0.292 e. The van der Waals surface area contributed by atoms with Crippen molar-refractivity contribution in [2.75, 3.05) is 36.4 Å². The van der Waals surface area contributed by atoms with Crippen LogP contribution in [0.1, 0.15) is 45.4 Å². The molecule has 1 heterocycles. The molecule has 0 radical (unpaired) electrons. The van der Waals surface area contributed by atoms with E-state index in [4.69, 9.17) is 11.6 Å². The number of nitrogens with zero attached hydrogens (tertiary/aromatic N) is 3. The first-order chi connectivity index (χ1) is 18.1. The molecule has 10 heteroatoms. The van der Waals surface area contributed by atoms with Crippen LogP contribution in [-0.2, 0) is 10.0 Å². The van der Waals surface area contributed by atoms with E-state index in [0.29, 0.717) is 36.9 Å². The number of halogens is 1. The summed E-state index contributed by atoms with van der Waals surface area (Å²) in [4.78, 5) is 13.9. The number of benzene rings is 2. The molecule has 5 aliphatic rings. The fourth-order valence-electron chi connectivity index (χ4n) is 8.03. The van der Waals surface area contributed by atoms with E-state index in [-0.39, 0.29) is 27.0 Å². The molecule has 0 aromatic heterocycles. The molecule has 0 unspecified atom stereocenters. The zero-order valence-corrected chi connectivity index (χ0v) is 23.3. The Balaban J connectivity index is 1.18. The number of piperazine rings is 1. The molecule has 2 aromatic rings. The second-order valence-corrected chi connectivity index (χ2v) is 14.3. The van der Waals surface area contributed by atoms with E-state index < -0.39 is 10.0 Å². The Kier molecular flexibility index (Phi) is 6.60. The third-order valence-corrected chi connectivity index (χ3v) is 11.8. The number of nitro groups is 1. The Bertz CT molecular complexity index is 1290. The summed E-state index contributed by atoms with van der Waals surface area (Å²) in [5.74, 6) is 2.44. The van der Waals surface area contributed by atoms with Gasteiger partial charge in [-0.15, -0.1) is 0 Å². The predicted molar refractivity (Wildman–Crippen MR) is 149 cm³/mol. The second-order valence-electron chi connectivity index (χ2n) is 11.9. The summed E-state index contributed by atoms with van der Waals surface area (Å²) < 4.78 is 27.7. The van der Waals surface area contributed by atoms with Crippen molar-refractivity contribution in [2.45, 2.75) is 56.4 Å². The van der Waals surface area contributed by atoms with Crippen LogP contribution in [-0.4, -0.2) is 49.9 Å². The van der Waals surface area contributed by atoms with Crippen LogP contribution in [0.2, 0.25) is 5.02 Å². The van der Waals surface area contributed by atoms with Crippen LogP contribution in [0.5, 0.6) is 0 Å². The van der Waals surface area contributed by atoms with Gasteiger partial charge in [-0.05, 0) is 105 Å². The van der Waals surface area contributed by atoms with Crippen LogP contribution in [0.3, 0.4) is 0 Å². The molecule has 1 atom stereocenters. The fraction of sp³-hybridized carbons (Fsp3) is 0.571. The molecule has 38 heavy (non-hydrogen) atoms. The lowest BCUT2D eigenvalue weighted by Gasteiger charge is -2.59. The smallest absolute Gasteiger partial charge is 0.292 e. The third-order valence-electron chi connectivity index (χ3n) is 9.61. The first-order valence-corrected chi connectivity index (χ1v) is 15.5. The fourth-order valence-corrected chi connectivity index (χ4v) is 9.58. The average Bonchev–Trinajstić information content (AvgIpc) is 2.88. The van der Waals surface area contributed by atoms with Gasteiger partial charge in [0.2, 0.25) is 10.0 Å². The summed E-state index contributed by atoms with van der Waals surface area (Å²) in [6.45, 7) is 3.91. The van der Waals surface area contributed by atoms with E-state index in [2.05, 4.69) is 17.1 Å². The minimum atomic E-state index is -3.60. The molecule has 4 aliphatic carbocycles. The van der Waals surface area contributed by atoms with Crippen LogP contribution >= 0.6 is 11.6 Å². The van der Waals surface area contributed by atoms with Gasteiger partial charge < -0.3 is 10.2 Å². The second kappa shape index (κ2) is 9.68. The van der Waals surface area contributed by atoms with Crippen molar-refractivity contribution in [3.05, 3.63) is 57.6 Å². The maximum absolute atomic E-state index is 13.1. The number of nitrogens with one attached hydrogen (secondary N) is 1. The van der Waals surface area contributed by atoms with Crippen LogP contribution < -0.4 is 10.2 Å². The quantitative estimate of drug-likeness (QED) is 0.342. The molecule has 7 rings (SSSR count). The van der Waals surface area contributed by atoms with Crippen molar-refractivity contribution in [3.8, 4) is 0 Å². The molecule has 8 nitrogen and oxygen atoms in total. The highest BCUT2D eigenvalue weighted by molar-refractivity contribution is 7.89. The summed E-state index contributed by atoms with van der Waals surface area (Å²) >= 11 is 5.92. The van der Waals surface area contributed by atoms with Gasteiger partial charge in [0, 0.05) is 49.0 Å². The Labute approximate surface area is 229 Å². The summed E-state index contributed by atoms with van der Waals surface area (Å²) in [6, 6.07) is 11.6. The van der Waals surface area contributed by atoms with Crippen molar-refractivity contribution in [2.24, 2.45) is 23.2 Å². The van der Waals surface area contributed by atoms with Crippen molar-refractivity contribution in [3.63, 3.8) is 0 Å². The molecule has 1 aliphatic heterocycles. The number of anilines is 2. The molecule has 0 amide bonds. The summed E-state index contributed by atoms with van der Waals surface area (Å²) in [6.07, 6.45) is 7.77. The Morgan fingerprint density at radius 2 is 1.55 bits per heavy atom. The zero-order valence-electron chi connectivity index (χ0n) is 21.7. The maximum atomic E-state index is 13.1. The van der Waals surface area contributed by atoms with Crippen molar-refractivity contribution < 1.29 is 13.3 Å². The minimum Gasteiger partial charge on any atom is -0.376 e. The van der Waals surface area contributed by atoms with Gasteiger partial charge in [0.15, 0.2) is 0 Å². The number of hydrogen-bond donors (Lipinski definition) is 1. The third kappa shape index (κ3) is 4.67. The van der Waals surface area contributed by atoms with Gasteiger partial charge in [-0.1, -0.05) is 11.6 Å². The average molecular weight is 559 g/mol. The van der Waals surface area contributed by atoms with E-state index in [1.54, 1.807) is 24.3 Å². The molecule has 2 aromatic carbocycles. The molecular formula is C28H35ClN4O4S. The largest absolute Gasteiger partial charge is 0.376 e. The standard InChI is InChI=1S/C28H35ClN4O4S/c1-19(28-16-20-12-21(17-28)14-22(13-20)18-28)30-26-15-24(4-7-27(26)33(34)35)31-8-10-32(11-9-31)38(36,37)25-5-2-23(29)3-6-25/h2-7,15,19-22,30H,8-14,16-18H2,1H3/t19-,20?,21?,22?,28?/m0/s1. The van der Waals surface area contributed by atoms with Crippen LogP contribution in [0.15, 0.2) is 47.4 Å². The minimum absolute atomic E-state index is 0.0919. The Morgan fingerprint density at radius 3 is 2.11 bits per heavy atom. The normalized spacial score (nSPS) is 29.8. The van der Waals surface area contributed by atoms with Gasteiger partial charge in [0.1, 0.15) is 5.69 Å². The Hall–Kier alpha value is -2.36. The van der Waals surface area contributed by atoms with E-state index >= 15 is 0 Å². The molecule has 1 N–H and O–H groups in total. The molecular weight excluding hydrogens is 524 g/mol. The molecule has 204 valence electrons. The van der Waals surface area contributed by atoms with Gasteiger partial charge in [-0.25, -0.2) is 8.42 Å². The van der Waals surface area contributed by atoms with Gasteiger partial charge in [-0.2, -0.15) is 4.31 Å². The van der Waals surface area contributed by atoms with E-state index in [0.717, 1.165) is 23.4 Å². The highest BCUT2D eigenvalue weighted by Gasteiger charge is 2.53. The van der Waals surface area contributed by atoms with Crippen LogP contribution in [0, 0.1) is 33.3 Å². The first-order valence-electron chi connectivity index (χ1n) is 13.7. The zero-order chi connectivity index (χ0) is 26.7.